The summed E-state index contributed by atoms with van der Waals surface area (Å²) < 4.78 is 14.2. The molecule has 0 atom stereocenters. The van der Waals surface area contributed by atoms with E-state index in [4.69, 9.17) is 0 Å². The van der Waals surface area contributed by atoms with Crippen molar-refractivity contribution in [1.82, 2.24) is 4.98 Å². The van der Waals surface area contributed by atoms with E-state index in [9.17, 15) is 19.7 Å². The standard InChI is InChI=1S/C18H11BrFN3O3/c19-16-10-12(5-7-17(16)20)4-6-14-8-9-21-18(22(14)24)13-2-1-3-15(11-13)23(25)26/h1-11H/b6-4+. The van der Waals surface area contributed by atoms with Gasteiger partial charge in [0, 0.05) is 18.2 Å². The first kappa shape index (κ1) is 17.7. The lowest BCUT2D eigenvalue weighted by atomic mass is 10.1. The van der Waals surface area contributed by atoms with E-state index in [1.807, 2.05) is 0 Å². The molecule has 0 N–H and O–H groups in total. The summed E-state index contributed by atoms with van der Waals surface area (Å²) in [7, 11) is 0. The fourth-order valence-electron chi connectivity index (χ4n) is 2.30. The van der Waals surface area contributed by atoms with Gasteiger partial charge in [0.05, 0.1) is 15.0 Å². The number of nitro benzene ring substituents is 1. The average molecular weight is 416 g/mol. The second-order valence-electron chi connectivity index (χ2n) is 5.30. The van der Waals surface area contributed by atoms with Crippen molar-refractivity contribution in [2.75, 3.05) is 0 Å². The Morgan fingerprint density at radius 3 is 2.69 bits per heavy atom. The Labute approximate surface area is 156 Å². The Kier molecular flexibility index (Phi) is 5.04. The molecule has 0 unspecified atom stereocenters. The number of aromatic nitrogens is 2. The number of nitro groups is 1. The van der Waals surface area contributed by atoms with Crippen LogP contribution in [0.15, 0.2) is 59.2 Å². The molecule has 0 fully saturated rings. The number of rotatable bonds is 4. The van der Waals surface area contributed by atoms with E-state index in [0.29, 0.717) is 26.0 Å². The normalized spacial score (nSPS) is 11.0. The molecule has 0 aliphatic carbocycles. The highest BCUT2D eigenvalue weighted by molar-refractivity contribution is 9.10. The van der Waals surface area contributed by atoms with Crippen LogP contribution >= 0.6 is 15.9 Å². The second kappa shape index (κ2) is 7.40. The Morgan fingerprint density at radius 1 is 1.15 bits per heavy atom. The smallest absolute Gasteiger partial charge is 0.333 e. The van der Waals surface area contributed by atoms with Crippen molar-refractivity contribution < 1.29 is 14.0 Å². The molecule has 6 nitrogen and oxygen atoms in total. The minimum Gasteiger partial charge on any atom is -0.710 e. The number of hydrogen-bond donors (Lipinski definition) is 0. The van der Waals surface area contributed by atoms with Crippen LogP contribution in [0.2, 0.25) is 0 Å². The molecular formula is C18H11BrFN3O3. The van der Waals surface area contributed by atoms with E-state index >= 15 is 0 Å². The lowest BCUT2D eigenvalue weighted by Crippen LogP contribution is -2.33. The zero-order chi connectivity index (χ0) is 18.7. The van der Waals surface area contributed by atoms with Gasteiger partial charge < -0.3 is 5.21 Å². The van der Waals surface area contributed by atoms with E-state index in [1.165, 1.54) is 36.5 Å². The van der Waals surface area contributed by atoms with Crippen LogP contribution in [0.4, 0.5) is 10.1 Å². The number of hydrogen-bond acceptors (Lipinski definition) is 4. The zero-order valence-electron chi connectivity index (χ0n) is 13.2. The summed E-state index contributed by atoms with van der Waals surface area (Å²) in [4.78, 5) is 14.4. The van der Waals surface area contributed by atoms with Gasteiger partial charge >= 0.3 is 5.82 Å². The summed E-state index contributed by atoms with van der Waals surface area (Å²) in [5.74, 6) is -0.325. The molecule has 1 heterocycles. The van der Waals surface area contributed by atoms with Crippen LogP contribution in [0.3, 0.4) is 0 Å². The van der Waals surface area contributed by atoms with Gasteiger partial charge in [-0.15, -0.1) is 0 Å². The summed E-state index contributed by atoms with van der Waals surface area (Å²) >= 11 is 3.11. The lowest BCUT2D eigenvalue weighted by Gasteiger charge is -2.09. The van der Waals surface area contributed by atoms with Crippen molar-refractivity contribution in [1.29, 1.82) is 0 Å². The largest absolute Gasteiger partial charge is 0.710 e. The maximum absolute atomic E-state index is 13.3. The molecule has 26 heavy (non-hydrogen) atoms. The van der Waals surface area contributed by atoms with Crippen LogP contribution in [0.1, 0.15) is 11.3 Å². The third-order valence-electron chi connectivity index (χ3n) is 3.57. The van der Waals surface area contributed by atoms with Crippen LogP contribution < -0.4 is 4.73 Å². The second-order valence-corrected chi connectivity index (χ2v) is 6.16. The summed E-state index contributed by atoms with van der Waals surface area (Å²) in [6.07, 6.45) is 4.67. The molecule has 2 aromatic carbocycles. The maximum atomic E-state index is 13.3. The Bertz CT molecular complexity index is 1020. The number of non-ortho nitro benzene ring substituents is 1. The topological polar surface area (TPSA) is 83.0 Å². The molecule has 3 aromatic rings. The van der Waals surface area contributed by atoms with Gasteiger partial charge in [-0.2, -0.15) is 0 Å². The van der Waals surface area contributed by atoms with Crippen LogP contribution in [-0.4, -0.2) is 9.91 Å². The van der Waals surface area contributed by atoms with Crippen molar-refractivity contribution in [3.8, 4) is 11.4 Å². The molecule has 3 rings (SSSR count). The van der Waals surface area contributed by atoms with Gasteiger partial charge in [-0.1, -0.05) is 18.2 Å². The number of halogens is 2. The summed E-state index contributed by atoms with van der Waals surface area (Å²) in [5, 5.41) is 23.5. The minimum atomic E-state index is -0.533. The molecule has 0 aliphatic heterocycles. The first-order chi connectivity index (χ1) is 12.5. The van der Waals surface area contributed by atoms with Gasteiger partial charge in [0.25, 0.3) is 5.69 Å². The van der Waals surface area contributed by atoms with E-state index in [-0.39, 0.29) is 17.3 Å². The van der Waals surface area contributed by atoms with E-state index in [0.717, 1.165) is 0 Å². The third kappa shape index (κ3) is 3.75. The molecule has 130 valence electrons. The van der Waals surface area contributed by atoms with Gasteiger partial charge in [0.2, 0.25) is 0 Å². The SMILES string of the molecule is O=[N+]([O-])c1cccc(-c2nccc(/C=C/c3ccc(F)c(Br)c3)[n+]2[O-])c1. The van der Waals surface area contributed by atoms with Crippen LogP contribution in [0.5, 0.6) is 0 Å². The fraction of sp³-hybridized carbons (Fsp3) is 0. The average Bonchev–Trinajstić information content (AvgIpc) is 2.63. The molecule has 0 radical (unpaired) electrons. The van der Waals surface area contributed by atoms with E-state index in [1.54, 1.807) is 30.4 Å². The van der Waals surface area contributed by atoms with Crippen LogP contribution in [0, 0.1) is 21.1 Å². The summed E-state index contributed by atoms with van der Waals surface area (Å²) in [6.45, 7) is 0. The summed E-state index contributed by atoms with van der Waals surface area (Å²) in [6, 6.07) is 11.7. The highest BCUT2D eigenvalue weighted by Crippen LogP contribution is 2.21. The van der Waals surface area contributed by atoms with Gasteiger partial charge in [-0.3, -0.25) is 10.1 Å². The molecule has 0 amide bonds. The van der Waals surface area contributed by atoms with Gasteiger partial charge in [-0.05, 0) is 50.8 Å². The maximum Gasteiger partial charge on any atom is 0.333 e. The van der Waals surface area contributed by atoms with Gasteiger partial charge in [-0.25, -0.2) is 9.12 Å². The number of benzene rings is 2. The van der Waals surface area contributed by atoms with Crippen molar-refractivity contribution in [2.24, 2.45) is 0 Å². The third-order valence-corrected chi connectivity index (χ3v) is 4.18. The van der Waals surface area contributed by atoms with Crippen molar-refractivity contribution in [3.63, 3.8) is 0 Å². The highest BCUT2D eigenvalue weighted by Gasteiger charge is 2.16. The predicted molar refractivity (Wildman–Crippen MR) is 98.3 cm³/mol. The monoisotopic (exact) mass is 415 g/mol. The Morgan fingerprint density at radius 2 is 1.96 bits per heavy atom. The van der Waals surface area contributed by atoms with Crippen LogP contribution in [-0.2, 0) is 0 Å². The van der Waals surface area contributed by atoms with Crippen molar-refractivity contribution >= 4 is 33.8 Å². The molecule has 0 bridgehead atoms. The fourth-order valence-corrected chi connectivity index (χ4v) is 2.69. The molecule has 0 aliphatic rings. The lowest BCUT2D eigenvalue weighted by molar-refractivity contribution is -0.598. The predicted octanol–water partition coefficient (Wildman–Crippen LogP) is 4.36. The van der Waals surface area contributed by atoms with E-state index < -0.39 is 4.92 Å². The molecule has 0 saturated carbocycles. The van der Waals surface area contributed by atoms with Gasteiger partial charge in [0.1, 0.15) is 17.7 Å². The van der Waals surface area contributed by atoms with Crippen molar-refractivity contribution in [3.05, 3.63) is 91.6 Å². The quantitative estimate of drug-likeness (QED) is 0.274. The summed E-state index contributed by atoms with van der Waals surface area (Å²) in [5.41, 5.74) is 1.21. The molecular weight excluding hydrogens is 405 g/mol. The minimum absolute atomic E-state index is 0.0520. The zero-order valence-corrected chi connectivity index (χ0v) is 14.8. The molecule has 0 saturated heterocycles. The molecule has 8 heteroatoms. The van der Waals surface area contributed by atoms with Crippen LogP contribution in [0.25, 0.3) is 23.5 Å². The number of nitrogens with zero attached hydrogens (tertiary/aromatic N) is 3. The Balaban J connectivity index is 1.97. The molecule has 0 spiro atoms. The Hall–Kier alpha value is -3.13. The highest BCUT2D eigenvalue weighted by atomic mass is 79.9. The molecule has 1 aromatic heterocycles. The van der Waals surface area contributed by atoms with Gasteiger partial charge in [0.15, 0.2) is 0 Å². The first-order valence-corrected chi connectivity index (χ1v) is 8.21. The van der Waals surface area contributed by atoms with E-state index in [2.05, 4.69) is 20.9 Å². The first-order valence-electron chi connectivity index (χ1n) is 7.42. The van der Waals surface area contributed by atoms with Crippen molar-refractivity contribution in [2.45, 2.75) is 0 Å².